The molecule has 0 aliphatic carbocycles. The Morgan fingerprint density at radius 2 is 1.84 bits per heavy atom. The molecular weight excluding hydrogens is 474 g/mol. The lowest BCUT2D eigenvalue weighted by molar-refractivity contribution is -0.154. The number of amides is 2. The predicted molar refractivity (Wildman–Crippen MR) is 140 cm³/mol. The highest BCUT2D eigenvalue weighted by molar-refractivity contribution is 6.03. The molecule has 0 unspecified atom stereocenters. The first-order valence-corrected chi connectivity index (χ1v) is 13.8. The lowest BCUT2D eigenvalue weighted by Crippen LogP contribution is -2.53. The monoisotopic (exact) mass is 515 g/mol. The summed E-state index contributed by atoms with van der Waals surface area (Å²) in [6.07, 6.45) is 3.90. The molecule has 0 aromatic heterocycles. The summed E-state index contributed by atoms with van der Waals surface area (Å²) in [4.78, 5) is 44.3. The van der Waals surface area contributed by atoms with E-state index in [4.69, 9.17) is 14.6 Å². The van der Waals surface area contributed by atoms with Crippen LogP contribution >= 0.6 is 0 Å². The SMILES string of the molecule is CCOC(=O)[C@@H]1[C@@H]2CC[C@]3(O2)[C@H](C(=O)Nc2ccc(N(CC)CC)cc2)N(CCCCCCO)C(=O)[C@@H]13. The third-order valence-corrected chi connectivity index (χ3v) is 8.18. The predicted octanol–water partition coefficient (Wildman–Crippen LogP) is 2.96. The van der Waals surface area contributed by atoms with Crippen LogP contribution < -0.4 is 10.2 Å². The van der Waals surface area contributed by atoms with Crippen molar-refractivity contribution in [3.8, 4) is 0 Å². The van der Waals surface area contributed by atoms with Crippen molar-refractivity contribution in [1.82, 2.24) is 4.90 Å². The number of hydrogen-bond donors (Lipinski definition) is 2. The third kappa shape index (κ3) is 5.08. The zero-order valence-electron chi connectivity index (χ0n) is 22.3. The van der Waals surface area contributed by atoms with Gasteiger partial charge in [0.1, 0.15) is 11.6 Å². The maximum absolute atomic E-state index is 13.8. The minimum atomic E-state index is -1.02. The van der Waals surface area contributed by atoms with E-state index in [1.807, 2.05) is 24.3 Å². The molecule has 4 rings (SSSR count). The molecule has 1 spiro atoms. The van der Waals surface area contributed by atoms with Crippen LogP contribution in [0, 0.1) is 11.8 Å². The molecule has 0 saturated carbocycles. The number of rotatable bonds is 13. The Morgan fingerprint density at radius 1 is 1.14 bits per heavy atom. The molecule has 1 aromatic carbocycles. The number of hydrogen-bond acceptors (Lipinski definition) is 7. The van der Waals surface area contributed by atoms with Gasteiger partial charge in [-0.3, -0.25) is 14.4 Å². The molecule has 9 nitrogen and oxygen atoms in total. The Hall–Kier alpha value is -2.65. The van der Waals surface area contributed by atoms with Crippen molar-refractivity contribution >= 4 is 29.2 Å². The van der Waals surface area contributed by atoms with E-state index in [-0.39, 0.29) is 25.0 Å². The van der Waals surface area contributed by atoms with E-state index >= 15 is 0 Å². The van der Waals surface area contributed by atoms with Crippen molar-refractivity contribution in [2.24, 2.45) is 11.8 Å². The lowest BCUT2D eigenvalue weighted by Gasteiger charge is -2.33. The molecule has 1 aromatic rings. The van der Waals surface area contributed by atoms with Crippen molar-refractivity contribution in [2.75, 3.05) is 43.1 Å². The number of esters is 1. The summed E-state index contributed by atoms with van der Waals surface area (Å²) in [5, 5.41) is 12.1. The van der Waals surface area contributed by atoms with Gasteiger partial charge in [-0.15, -0.1) is 0 Å². The normalized spacial score (nSPS) is 27.9. The number of unbranched alkanes of at least 4 members (excludes halogenated alkanes) is 3. The molecule has 37 heavy (non-hydrogen) atoms. The molecule has 5 atom stereocenters. The number of likely N-dealkylation sites (tertiary alicyclic amines) is 1. The molecule has 3 aliphatic heterocycles. The van der Waals surface area contributed by atoms with E-state index in [9.17, 15) is 14.4 Å². The van der Waals surface area contributed by atoms with E-state index in [0.717, 1.165) is 31.6 Å². The van der Waals surface area contributed by atoms with Gasteiger partial charge in [0.2, 0.25) is 11.8 Å². The summed E-state index contributed by atoms with van der Waals surface area (Å²) in [7, 11) is 0. The van der Waals surface area contributed by atoms with Crippen molar-refractivity contribution in [3.63, 3.8) is 0 Å². The number of carbonyl (C=O) groups excluding carboxylic acids is 3. The zero-order valence-corrected chi connectivity index (χ0v) is 22.3. The smallest absolute Gasteiger partial charge is 0.312 e. The standard InChI is InChI=1S/C28H41N3O6/c1-4-30(5-2)20-13-11-19(12-14-20)29-25(33)24-28-16-15-21(37-28)22(27(35)36-6-3)23(28)26(34)31(24)17-9-7-8-10-18-32/h11-14,21-24,32H,4-10,15-18H2,1-3H3,(H,29,33)/t21-,22+,23+,24-,28+/m0/s1. The van der Waals surface area contributed by atoms with Crippen LogP contribution in [0.3, 0.4) is 0 Å². The lowest BCUT2D eigenvalue weighted by atomic mass is 9.71. The first-order valence-electron chi connectivity index (χ1n) is 13.8. The third-order valence-electron chi connectivity index (χ3n) is 8.18. The Balaban J connectivity index is 1.57. The number of anilines is 2. The number of nitrogens with zero attached hydrogens (tertiary/aromatic N) is 2. The van der Waals surface area contributed by atoms with Gasteiger partial charge in [0.05, 0.1) is 24.5 Å². The molecule has 3 saturated heterocycles. The highest BCUT2D eigenvalue weighted by Gasteiger charge is 2.74. The van der Waals surface area contributed by atoms with E-state index in [1.165, 1.54) is 0 Å². The summed E-state index contributed by atoms with van der Waals surface area (Å²) in [6, 6.07) is 6.92. The van der Waals surface area contributed by atoms with Gasteiger partial charge in [-0.2, -0.15) is 0 Å². The highest BCUT2D eigenvalue weighted by Crippen LogP contribution is 2.58. The summed E-state index contributed by atoms with van der Waals surface area (Å²) in [6.45, 7) is 8.52. The highest BCUT2D eigenvalue weighted by atomic mass is 16.6. The fourth-order valence-electron chi connectivity index (χ4n) is 6.50. The minimum Gasteiger partial charge on any atom is -0.466 e. The fraction of sp³-hybridized carbons (Fsp3) is 0.679. The van der Waals surface area contributed by atoms with Gasteiger partial charge >= 0.3 is 5.97 Å². The van der Waals surface area contributed by atoms with Crippen LogP contribution in [-0.4, -0.2) is 78.4 Å². The number of aliphatic hydroxyl groups is 1. The van der Waals surface area contributed by atoms with Crippen LogP contribution in [0.5, 0.6) is 0 Å². The molecule has 3 heterocycles. The van der Waals surface area contributed by atoms with Crippen LogP contribution in [0.2, 0.25) is 0 Å². The average molecular weight is 516 g/mol. The Morgan fingerprint density at radius 3 is 2.49 bits per heavy atom. The molecule has 204 valence electrons. The van der Waals surface area contributed by atoms with Crippen LogP contribution in [-0.2, 0) is 23.9 Å². The molecule has 0 radical (unpaired) electrons. The first-order chi connectivity index (χ1) is 17.9. The van der Waals surface area contributed by atoms with Gasteiger partial charge in [-0.05, 0) is 70.7 Å². The molecule has 3 aliphatic rings. The number of carbonyl (C=O) groups is 3. The van der Waals surface area contributed by atoms with Gasteiger partial charge in [0, 0.05) is 37.6 Å². The van der Waals surface area contributed by atoms with Crippen molar-refractivity contribution in [2.45, 2.75) is 77.0 Å². The number of nitrogens with one attached hydrogen (secondary N) is 1. The number of fused-ring (bicyclic) bond motifs is 1. The summed E-state index contributed by atoms with van der Waals surface area (Å²) in [5.74, 6) is -2.28. The second-order valence-corrected chi connectivity index (χ2v) is 10.2. The molecule has 3 fully saturated rings. The molecule has 2 N–H and O–H groups in total. The quantitative estimate of drug-likeness (QED) is 0.307. The summed E-state index contributed by atoms with van der Waals surface area (Å²) in [5.41, 5.74) is 0.720. The summed E-state index contributed by atoms with van der Waals surface area (Å²) < 4.78 is 11.7. The second-order valence-electron chi connectivity index (χ2n) is 10.2. The summed E-state index contributed by atoms with van der Waals surface area (Å²) >= 11 is 0. The molecule has 9 heteroatoms. The van der Waals surface area contributed by atoms with E-state index < -0.39 is 35.6 Å². The van der Waals surface area contributed by atoms with Gasteiger partial charge < -0.3 is 29.7 Å². The van der Waals surface area contributed by atoms with Crippen molar-refractivity contribution in [3.05, 3.63) is 24.3 Å². The van der Waals surface area contributed by atoms with Crippen LogP contribution in [0.4, 0.5) is 11.4 Å². The Labute approximate surface area is 219 Å². The fourth-order valence-corrected chi connectivity index (χ4v) is 6.50. The van der Waals surface area contributed by atoms with Crippen molar-refractivity contribution in [1.29, 1.82) is 0 Å². The number of benzene rings is 1. The van der Waals surface area contributed by atoms with Gasteiger partial charge in [0.15, 0.2) is 0 Å². The van der Waals surface area contributed by atoms with Crippen LogP contribution in [0.25, 0.3) is 0 Å². The molecular formula is C28H41N3O6. The molecule has 2 amide bonds. The minimum absolute atomic E-state index is 0.141. The van der Waals surface area contributed by atoms with Gasteiger partial charge in [0.25, 0.3) is 0 Å². The van der Waals surface area contributed by atoms with E-state index in [1.54, 1.807) is 11.8 Å². The number of aliphatic hydroxyl groups excluding tert-OH is 1. The number of ether oxygens (including phenoxy) is 2. The van der Waals surface area contributed by atoms with Crippen LogP contribution in [0.1, 0.15) is 59.3 Å². The molecule has 2 bridgehead atoms. The zero-order chi connectivity index (χ0) is 26.6. The Bertz CT molecular complexity index is 965. The van der Waals surface area contributed by atoms with Crippen molar-refractivity contribution < 1.29 is 29.0 Å². The van der Waals surface area contributed by atoms with E-state index in [0.29, 0.717) is 37.9 Å². The van der Waals surface area contributed by atoms with Crippen LogP contribution in [0.15, 0.2) is 24.3 Å². The second kappa shape index (κ2) is 11.8. The maximum atomic E-state index is 13.8. The average Bonchev–Trinajstić information content (AvgIpc) is 3.53. The van der Waals surface area contributed by atoms with E-state index in [2.05, 4.69) is 24.1 Å². The van der Waals surface area contributed by atoms with Gasteiger partial charge in [-0.25, -0.2) is 0 Å². The topological polar surface area (TPSA) is 108 Å². The Kier molecular flexibility index (Phi) is 8.75. The first kappa shape index (κ1) is 27.4. The maximum Gasteiger partial charge on any atom is 0.312 e. The van der Waals surface area contributed by atoms with Gasteiger partial charge in [-0.1, -0.05) is 12.8 Å². The largest absolute Gasteiger partial charge is 0.466 e.